The molecule has 126 valence electrons. The summed E-state index contributed by atoms with van der Waals surface area (Å²) in [5.41, 5.74) is 0. The lowest BCUT2D eigenvalue weighted by Crippen LogP contribution is -3.00. The molecule has 0 saturated heterocycles. The van der Waals surface area contributed by atoms with Crippen LogP contribution in [0.2, 0.25) is 0 Å². The Labute approximate surface area is 140 Å². The highest BCUT2D eigenvalue weighted by molar-refractivity contribution is 4.47. The second-order valence-electron chi connectivity index (χ2n) is 7.86. The van der Waals surface area contributed by atoms with Gasteiger partial charge in [-0.2, -0.15) is 0 Å². The van der Waals surface area contributed by atoms with E-state index in [0.29, 0.717) is 0 Å². The van der Waals surface area contributed by atoms with Crippen LogP contribution in [-0.4, -0.2) is 64.3 Å². The van der Waals surface area contributed by atoms with E-state index in [1.807, 2.05) is 0 Å². The Morgan fingerprint density at radius 1 is 0.400 bits per heavy atom. The highest BCUT2D eigenvalue weighted by Crippen LogP contribution is 2.10. The molecule has 0 spiro atoms. The summed E-state index contributed by atoms with van der Waals surface area (Å²) >= 11 is 0. The van der Waals surface area contributed by atoms with Crippen LogP contribution in [0, 0.1) is 0 Å². The Morgan fingerprint density at radius 3 is 0.800 bits per heavy atom. The Balaban J connectivity index is -0.00000144. The molecule has 0 bridgehead atoms. The minimum atomic E-state index is 0. The highest BCUT2D eigenvalue weighted by Gasteiger charge is 2.06. The first-order valence-electron chi connectivity index (χ1n) is 7.82. The fraction of sp³-hybridized carbons (Fsp3) is 1.00. The Morgan fingerprint density at radius 2 is 0.600 bits per heavy atom. The first kappa shape index (κ1) is 25.5. The van der Waals surface area contributed by atoms with Crippen LogP contribution in [0.25, 0.3) is 0 Å². The maximum atomic E-state index is 2.29. The lowest BCUT2D eigenvalue weighted by Gasteiger charge is -2.23. The van der Waals surface area contributed by atoms with Crippen LogP contribution in [0.3, 0.4) is 0 Å². The predicted octanol–water partition coefficient (Wildman–Crippen LogP) is -2.47. The van der Waals surface area contributed by atoms with E-state index in [1.54, 1.807) is 0 Å². The minimum Gasteiger partial charge on any atom is -1.00 e. The molecule has 20 heavy (non-hydrogen) atoms. The van der Waals surface area contributed by atoms with Crippen LogP contribution in [0.1, 0.15) is 51.4 Å². The number of quaternary nitrogens is 2. The number of hydrogen-bond donors (Lipinski definition) is 0. The highest BCUT2D eigenvalue weighted by atomic mass is 35.5. The summed E-state index contributed by atoms with van der Waals surface area (Å²) in [6.07, 6.45) is 11.4. The van der Waals surface area contributed by atoms with Crippen molar-refractivity contribution in [3.63, 3.8) is 0 Å². The molecule has 0 heterocycles. The third-order valence-corrected chi connectivity index (χ3v) is 3.41. The number of unbranched alkanes of at least 4 members (excludes halogenated alkanes) is 7. The van der Waals surface area contributed by atoms with Gasteiger partial charge in [0, 0.05) is 0 Å². The molecular weight excluding hydrogens is 291 g/mol. The van der Waals surface area contributed by atoms with Gasteiger partial charge in [0.05, 0.1) is 55.4 Å². The first-order valence-corrected chi connectivity index (χ1v) is 7.82. The second kappa shape index (κ2) is 13.2. The Hall–Kier alpha value is 0.500. The smallest absolute Gasteiger partial charge is 0.0780 e. The molecule has 0 radical (unpaired) electrons. The van der Waals surface area contributed by atoms with Crippen molar-refractivity contribution >= 4 is 0 Å². The lowest BCUT2D eigenvalue weighted by atomic mass is 10.1. The van der Waals surface area contributed by atoms with E-state index in [0.717, 1.165) is 8.97 Å². The quantitative estimate of drug-likeness (QED) is 0.291. The molecular formula is C16H38Cl2N2. The van der Waals surface area contributed by atoms with Crippen LogP contribution in [-0.2, 0) is 0 Å². The van der Waals surface area contributed by atoms with Gasteiger partial charge in [0.1, 0.15) is 0 Å². The van der Waals surface area contributed by atoms with Crippen molar-refractivity contribution < 1.29 is 33.8 Å². The maximum Gasteiger partial charge on any atom is 0.0780 e. The second-order valence-corrected chi connectivity index (χ2v) is 7.86. The summed E-state index contributed by atoms with van der Waals surface area (Å²) in [5, 5.41) is 0. The summed E-state index contributed by atoms with van der Waals surface area (Å²) in [4.78, 5) is 0. The first-order chi connectivity index (χ1) is 8.21. The van der Waals surface area contributed by atoms with Crippen molar-refractivity contribution in [3.05, 3.63) is 0 Å². The van der Waals surface area contributed by atoms with Gasteiger partial charge < -0.3 is 33.8 Å². The van der Waals surface area contributed by atoms with Crippen molar-refractivity contribution in [3.8, 4) is 0 Å². The van der Waals surface area contributed by atoms with E-state index in [4.69, 9.17) is 0 Å². The zero-order chi connectivity index (χ0) is 14.1. The topological polar surface area (TPSA) is 0 Å². The van der Waals surface area contributed by atoms with Crippen LogP contribution in [0.5, 0.6) is 0 Å². The number of nitrogens with zero attached hydrogens (tertiary/aromatic N) is 2. The van der Waals surface area contributed by atoms with Crippen molar-refractivity contribution in [2.24, 2.45) is 0 Å². The number of hydrogen-bond acceptors (Lipinski definition) is 0. The molecule has 0 atom stereocenters. The molecule has 4 heteroatoms. The lowest BCUT2D eigenvalue weighted by molar-refractivity contribution is -0.870. The van der Waals surface area contributed by atoms with Gasteiger partial charge in [0.25, 0.3) is 0 Å². The summed E-state index contributed by atoms with van der Waals surface area (Å²) < 4.78 is 2.23. The maximum absolute atomic E-state index is 2.29. The number of rotatable bonds is 11. The van der Waals surface area contributed by atoms with Crippen molar-refractivity contribution in [1.29, 1.82) is 0 Å². The van der Waals surface area contributed by atoms with E-state index in [2.05, 4.69) is 42.3 Å². The zero-order valence-electron chi connectivity index (χ0n) is 14.7. The summed E-state index contributed by atoms with van der Waals surface area (Å²) in [6, 6.07) is 0. The van der Waals surface area contributed by atoms with Gasteiger partial charge in [0.2, 0.25) is 0 Å². The monoisotopic (exact) mass is 328 g/mol. The van der Waals surface area contributed by atoms with Crippen molar-refractivity contribution in [2.45, 2.75) is 51.4 Å². The van der Waals surface area contributed by atoms with Gasteiger partial charge in [-0.05, 0) is 25.7 Å². The summed E-state index contributed by atoms with van der Waals surface area (Å²) in [7, 11) is 13.7. The molecule has 0 aromatic rings. The molecule has 0 aliphatic carbocycles. The SMILES string of the molecule is C[N+](C)(C)CCCCCCCCCC[N+](C)(C)C.[Cl-].[Cl-]. The van der Waals surface area contributed by atoms with Gasteiger partial charge in [-0.3, -0.25) is 0 Å². The molecule has 0 rings (SSSR count). The molecule has 0 saturated carbocycles. The molecule has 0 fully saturated rings. The van der Waals surface area contributed by atoms with E-state index in [9.17, 15) is 0 Å². The largest absolute Gasteiger partial charge is 1.00 e. The van der Waals surface area contributed by atoms with Gasteiger partial charge in [0.15, 0.2) is 0 Å². The molecule has 0 N–H and O–H groups in total. The normalized spacial score (nSPS) is 11.7. The Bertz CT molecular complexity index is 174. The predicted molar refractivity (Wildman–Crippen MR) is 82.7 cm³/mol. The number of halogens is 2. The standard InChI is InChI=1S/C16H38N2.2ClH/c1-17(2,3)15-13-11-9-7-8-10-12-14-16-18(4,5)6;;/h7-16H2,1-6H3;2*1H/q+2;;/p-2. The molecule has 0 aliphatic rings. The fourth-order valence-corrected chi connectivity index (χ4v) is 2.23. The van der Waals surface area contributed by atoms with E-state index >= 15 is 0 Å². The van der Waals surface area contributed by atoms with Gasteiger partial charge in [-0.15, -0.1) is 0 Å². The van der Waals surface area contributed by atoms with Crippen molar-refractivity contribution in [2.75, 3.05) is 55.4 Å². The van der Waals surface area contributed by atoms with Crippen LogP contribution in [0.4, 0.5) is 0 Å². The molecule has 0 amide bonds. The molecule has 0 aromatic carbocycles. The van der Waals surface area contributed by atoms with Gasteiger partial charge in [-0.1, -0.05) is 25.7 Å². The average molecular weight is 329 g/mol. The zero-order valence-corrected chi connectivity index (χ0v) is 16.2. The summed E-state index contributed by atoms with van der Waals surface area (Å²) in [5.74, 6) is 0. The van der Waals surface area contributed by atoms with Crippen LogP contribution in [0.15, 0.2) is 0 Å². The molecule has 0 unspecified atom stereocenters. The van der Waals surface area contributed by atoms with E-state index in [-0.39, 0.29) is 24.8 Å². The Kier molecular flexibility index (Phi) is 16.8. The molecule has 0 aromatic heterocycles. The molecule has 2 nitrogen and oxygen atoms in total. The van der Waals surface area contributed by atoms with Crippen LogP contribution >= 0.6 is 0 Å². The minimum absolute atomic E-state index is 0. The average Bonchev–Trinajstić information content (AvgIpc) is 2.17. The van der Waals surface area contributed by atoms with Gasteiger partial charge >= 0.3 is 0 Å². The van der Waals surface area contributed by atoms with Crippen LogP contribution < -0.4 is 24.8 Å². The van der Waals surface area contributed by atoms with E-state index in [1.165, 1.54) is 64.5 Å². The molecule has 0 aliphatic heterocycles. The third kappa shape index (κ3) is 23.6. The third-order valence-electron chi connectivity index (χ3n) is 3.41. The van der Waals surface area contributed by atoms with Crippen molar-refractivity contribution in [1.82, 2.24) is 0 Å². The fourth-order valence-electron chi connectivity index (χ4n) is 2.23. The van der Waals surface area contributed by atoms with Gasteiger partial charge in [-0.25, -0.2) is 0 Å². The summed E-state index contributed by atoms with van der Waals surface area (Å²) in [6.45, 7) is 2.65. The van der Waals surface area contributed by atoms with E-state index < -0.39 is 0 Å².